The number of aryl methyl sites for hydroxylation is 1. The lowest BCUT2D eigenvalue weighted by Crippen LogP contribution is -2.33. The molecule has 0 unspecified atom stereocenters. The molecule has 1 heterocycles. The van der Waals surface area contributed by atoms with Gasteiger partial charge in [-0.3, -0.25) is 14.3 Å². The highest BCUT2D eigenvalue weighted by atomic mass is 16.2. The van der Waals surface area contributed by atoms with Crippen LogP contribution in [0.3, 0.4) is 0 Å². The molecule has 1 aromatic heterocycles. The van der Waals surface area contributed by atoms with Gasteiger partial charge in [0.25, 0.3) is 11.8 Å². The highest BCUT2D eigenvalue weighted by molar-refractivity contribution is 5.97. The maximum Gasteiger partial charge on any atom is 0.274 e. The third-order valence-electron chi connectivity index (χ3n) is 3.40. The number of unbranched alkanes of at least 4 members (excludes halogenated alkanes) is 2. The number of aromatic nitrogens is 2. The molecule has 0 saturated heterocycles. The fourth-order valence-corrected chi connectivity index (χ4v) is 2.14. The van der Waals surface area contributed by atoms with Crippen LogP contribution in [0.4, 0.5) is 0 Å². The van der Waals surface area contributed by atoms with Gasteiger partial charge in [-0.05, 0) is 19.8 Å². The summed E-state index contributed by atoms with van der Waals surface area (Å²) in [6, 6.07) is 1.50. The maximum absolute atomic E-state index is 12.6. The molecule has 0 bridgehead atoms. The summed E-state index contributed by atoms with van der Waals surface area (Å²) in [6.45, 7) is 8.01. The number of hydrogen-bond acceptors (Lipinski definition) is 3. The second kappa shape index (κ2) is 8.44. The molecule has 6 nitrogen and oxygen atoms in total. The van der Waals surface area contributed by atoms with Gasteiger partial charge >= 0.3 is 0 Å². The summed E-state index contributed by atoms with van der Waals surface area (Å²) >= 11 is 0. The minimum atomic E-state index is -0.558. The zero-order valence-corrected chi connectivity index (χ0v) is 13.3. The lowest BCUT2D eigenvalue weighted by molar-refractivity contribution is 0.0744. The number of nitrogens with zero attached hydrogens (tertiary/aromatic N) is 3. The highest BCUT2D eigenvalue weighted by Crippen LogP contribution is 2.10. The molecule has 0 aliphatic carbocycles. The Morgan fingerprint density at radius 3 is 2.14 bits per heavy atom. The molecule has 0 aromatic carbocycles. The van der Waals surface area contributed by atoms with Crippen molar-refractivity contribution in [3.8, 4) is 0 Å². The fourth-order valence-electron chi connectivity index (χ4n) is 2.14. The first-order chi connectivity index (χ1) is 10.0. The van der Waals surface area contributed by atoms with E-state index < -0.39 is 5.91 Å². The second-order valence-electron chi connectivity index (χ2n) is 5.09. The quantitative estimate of drug-likeness (QED) is 0.756. The van der Waals surface area contributed by atoms with E-state index in [0.717, 1.165) is 38.8 Å². The first-order valence-corrected chi connectivity index (χ1v) is 7.72. The highest BCUT2D eigenvalue weighted by Gasteiger charge is 2.21. The molecule has 0 fully saturated rings. The zero-order chi connectivity index (χ0) is 15.8. The van der Waals surface area contributed by atoms with Crippen molar-refractivity contribution in [2.24, 2.45) is 5.73 Å². The SMILES string of the molecule is CCCCN(CCCC)C(=O)c1cc(C(N)=O)n(CC)n1. The summed E-state index contributed by atoms with van der Waals surface area (Å²) < 4.78 is 1.48. The number of rotatable bonds is 9. The van der Waals surface area contributed by atoms with Crippen LogP contribution >= 0.6 is 0 Å². The number of carbonyl (C=O) groups excluding carboxylic acids is 2. The average Bonchev–Trinajstić information content (AvgIpc) is 2.91. The molecule has 0 spiro atoms. The Balaban J connectivity index is 2.93. The van der Waals surface area contributed by atoms with E-state index in [1.165, 1.54) is 10.7 Å². The summed E-state index contributed by atoms with van der Waals surface area (Å²) in [5.74, 6) is -0.677. The van der Waals surface area contributed by atoms with Crippen molar-refractivity contribution in [3.63, 3.8) is 0 Å². The Kier molecular flexibility index (Phi) is 6.91. The third-order valence-corrected chi connectivity index (χ3v) is 3.40. The van der Waals surface area contributed by atoms with E-state index in [9.17, 15) is 9.59 Å². The van der Waals surface area contributed by atoms with E-state index in [-0.39, 0.29) is 11.6 Å². The number of primary amides is 1. The molecule has 0 saturated carbocycles. The summed E-state index contributed by atoms with van der Waals surface area (Å²) in [6.07, 6.45) is 4.00. The van der Waals surface area contributed by atoms with Crippen LogP contribution in [0.25, 0.3) is 0 Å². The van der Waals surface area contributed by atoms with Gasteiger partial charge in [0.05, 0.1) is 0 Å². The van der Waals surface area contributed by atoms with Gasteiger partial charge in [-0.25, -0.2) is 0 Å². The summed E-state index contributed by atoms with van der Waals surface area (Å²) in [7, 11) is 0. The first kappa shape index (κ1) is 17.2. The van der Waals surface area contributed by atoms with Gasteiger partial charge in [0.2, 0.25) is 0 Å². The third kappa shape index (κ3) is 4.58. The van der Waals surface area contributed by atoms with Gasteiger partial charge in [0.15, 0.2) is 5.69 Å². The molecule has 1 aromatic rings. The topological polar surface area (TPSA) is 81.2 Å². The molecule has 21 heavy (non-hydrogen) atoms. The Hall–Kier alpha value is -1.85. The minimum Gasteiger partial charge on any atom is -0.364 e. The molecule has 2 amide bonds. The molecule has 1 rings (SSSR count). The van der Waals surface area contributed by atoms with Crippen molar-refractivity contribution in [3.05, 3.63) is 17.5 Å². The van der Waals surface area contributed by atoms with E-state index >= 15 is 0 Å². The summed E-state index contributed by atoms with van der Waals surface area (Å²) in [4.78, 5) is 25.7. The van der Waals surface area contributed by atoms with E-state index in [4.69, 9.17) is 5.73 Å². The standard InChI is InChI=1S/C15H26N4O2/c1-4-7-9-18(10-8-5-2)15(21)12-11-13(14(16)20)19(6-3)17-12/h11H,4-10H2,1-3H3,(H2,16,20). The van der Waals surface area contributed by atoms with Crippen molar-refractivity contribution >= 4 is 11.8 Å². The summed E-state index contributed by atoms with van der Waals surface area (Å²) in [5, 5.41) is 4.21. The predicted octanol–water partition coefficient (Wildman–Crippen LogP) is 2.04. The van der Waals surface area contributed by atoms with Crippen LogP contribution in [0.5, 0.6) is 0 Å². The molecule has 0 radical (unpaired) electrons. The second-order valence-corrected chi connectivity index (χ2v) is 5.09. The smallest absolute Gasteiger partial charge is 0.274 e. The van der Waals surface area contributed by atoms with Crippen LogP contribution in [0.15, 0.2) is 6.07 Å². The predicted molar refractivity (Wildman–Crippen MR) is 82.1 cm³/mol. The van der Waals surface area contributed by atoms with E-state index in [1.807, 2.05) is 11.8 Å². The minimum absolute atomic E-state index is 0.119. The van der Waals surface area contributed by atoms with Crippen LogP contribution in [0.2, 0.25) is 0 Å². The molecular weight excluding hydrogens is 268 g/mol. The number of hydrogen-bond donors (Lipinski definition) is 1. The van der Waals surface area contributed by atoms with Gasteiger partial charge in [-0.1, -0.05) is 26.7 Å². The van der Waals surface area contributed by atoms with Crippen LogP contribution in [-0.2, 0) is 6.54 Å². The van der Waals surface area contributed by atoms with Crippen LogP contribution in [0.1, 0.15) is 67.4 Å². The number of nitrogens with two attached hydrogens (primary N) is 1. The maximum atomic E-state index is 12.6. The molecule has 0 aliphatic rings. The molecule has 118 valence electrons. The van der Waals surface area contributed by atoms with E-state index in [1.54, 1.807) is 0 Å². The van der Waals surface area contributed by atoms with E-state index in [0.29, 0.717) is 12.2 Å². The molecule has 6 heteroatoms. The monoisotopic (exact) mass is 294 g/mol. The lowest BCUT2D eigenvalue weighted by atomic mass is 10.2. The van der Waals surface area contributed by atoms with Crippen LogP contribution in [-0.4, -0.2) is 39.6 Å². The normalized spacial score (nSPS) is 10.6. The largest absolute Gasteiger partial charge is 0.364 e. The van der Waals surface area contributed by atoms with Gasteiger partial charge in [-0.2, -0.15) is 5.10 Å². The zero-order valence-electron chi connectivity index (χ0n) is 13.3. The van der Waals surface area contributed by atoms with Crippen molar-refractivity contribution in [2.75, 3.05) is 13.1 Å². The van der Waals surface area contributed by atoms with Crippen molar-refractivity contribution in [2.45, 2.75) is 53.0 Å². The van der Waals surface area contributed by atoms with Crippen molar-refractivity contribution < 1.29 is 9.59 Å². The Labute approximate surface area is 126 Å². The van der Waals surface area contributed by atoms with Crippen LogP contribution < -0.4 is 5.73 Å². The molecule has 0 aliphatic heterocycles. The van der Waals surface area contributed by atoms with Gasteiger partial charge < -0.3 is 10.6 Å². The van der Waals surface area contributed by atoms with Crippen molar-refractivity contribution in [1.82, 2.24) is 14.7 Å². The Morgan fingerprint density at radius 2 is 1.76 bits per heavy atom. The first-order valence-electron chi connectivity index (χ1n) is 7.72. The lowest BCUT2D eigenvalue weighted by Gasteiger charge is -2.21. The fraction of sp³-hybridized carbons (Fsp3) is 0.667. The molecular formula is C15H26N4O2. The van der Waals surface area contributed by atoms with Gasteiger partial charge in [0.1, 0.15) is 5.69 Å². The molecule has 2 N–H and O–H groups in total. The Morgan fingerprint density at radius 1 is 1.19 bits per heavy atom. The van der Waals surface area contributed by atoms with Crippen LogP contribution in [0, 0.1) is 0 Å². The van der Waals surface area contributed by atoms with Gasteiger partial charge in [-0.15, -0.1) is 0 Å². The van der Waals surface area contributed by atoms with Crippen molar-refractivity contribution in [1.29, 1.82) is 0 Å². The number of carbonyl (C=O) groups is 2. The summed E-state index contributed by atoms with van der Waals surface area (Å²) in [5.41, 5.74) is 5.90. The van der Waals surface area contributed by atoms with E-state index in [2.05, 4.69) is 18.9 Å². The number of amides is 2. The van der Waals surface area contributed by atoms with Gasteiger partial charge in [0, 0.05) is 25.7 Å². The Bertz CT molecular complexity index is 474. The average molecular weight is 294 g/mol. The molecule has 0 atom stereocenters.